The van der Waals surface area contributed by atoms with E-state index in [9.17, 15) is 4.79 Å². The number of rotatable bonds is 4. The first-order valence-electron chi connectivity index (χ1n) is 9.31. The molecule has 2 aliphatic rings. The second kappa shape index (κ2) is 7.32. The molecular weight excluding hydrogens is 348 g/mol. The van der Waals surface area contributed by atoms with E-state index in [0.717, 1.165) is 37.1 Å². The van der Waals surface area contributed by atoms with Gasteiger partial charge in [-0.25, -0.2) is 4.79 Å². The van der Waals surface area contributed by atoms with Crippen LogP contribution >= 0.6 is 11.3 Å². The number of nitrogens with one attached hydrogen (secondary N) is 1. The van der Waals surface area contributed by atoms with Gasteiger partial charge in [-0.05, 0) is 30.4 Å². The molecule has 1 N–H and O–H groups in total. The van der Waals surface area contributed by atoms with Crippen LogP contribution in [0.5, 0.6) is 0 Å². The molecule has 2 heterocycles. The SMILES string of the molecule is CCCCc1nnc(NC(=O)N2CCOC3(CCc4ccccc43)C2)s1. The molecule has 1 atom stereocenters. The molecule has 26 heavy (non-hydrogen) atoms. The zero-order valence-electron chi connectivity index (χ0n) is 15.0. The molecule has 0 bridgehead atoms. The predicted octanol–water partition coefficient (Wildman–Crippen LogP) is 3.59. The highest BCUT2D eigenvalue weighted by Gasteiger charge is 2.44. The maximum Gasteiger partial charge on any atom is 0.323 e. The van der Waals surface area contributed by atoms with Crippen molar-refractivity contribution in [1.29, 1.82) is 0 Å². The lowest BCUT2D eigenvalue weighted by atomic mass is 9.94. The normalized spacial score (nSPS) is 21.8. The van der Waals surface area contributed by atoms with Crippen LogP contribution in [0.1, 0.15) is 42.3 Å². The van der Waals surface area contributed by atoms with E-state index in [1.807, 2.05) is 11.0 Å². The third kappa shape index (κ3) is 3.33. The number of unbranched alkanes of at least 4 members (excludes halogenated alkanes) is 1. The van der Waals surface area contributed by atoms with E-state index >= 15 is 0 Å². The molecule has 1 aliphatic carbocycles. The molecule has 6 nitrogen and oxygen atoms in total. The van der Waals surface area contributed by atoms with Crippen molar-refractivity contribution < 1.29 is 9.53 Å². The molecule has 7 heteroatoms. The third-order valence-corrected chi connectivity index (χ3v) is 6.10. The van der Waals surface area contributed by atoms with Crippen molar-refractivity contribution in [3.05, 3.63) is 40.4 Å². The van der Waals surface area contributed by atoms with Crippen LogP contribution in [-0.2, 0) is 23.2 Å². The van der Waals surface area contributed by atoms with E-state index in [1.165, 1.54) is 22.5 Å². The molecule has 1 unspecified atom stereocenters. The van der Waals surface area contributed by atoms with Crippen LogP contribution in [0.2, 0.25) is 0 Å². The Morgan fingerprint density at radius 3 is 3.15 bits per heavy atom. The fraction of sp³-hybridized carbons (Fsp3) is 0.526. The van der Waals surface area contributed by atoms with Gasteiger partial charge in [0, 0.05) is 13.0 Å². The first-order valence-corrected chi connectivity index (χ1v) is 10.1. The molecule has 1 aliphatic heterocycles. The Balaban J connectivity index is 1.43. The molecule has 0 radical (unpaired) electrons. The van der Waals surface area contributed by atoms with Crippen LogP contribution in [0.25, 0.3) is 0 Å². The number of hydrogen-bond donors (Lipinski definition) is 1. The Hall–Kier alpha value is -1.99. The molecular formula is C19H24N4O2S. The fourth-order valence-corrected chi connectivity index (χ4v) is 4.60. The topological polar surface area (TPSA) is 67.4 Å². The van der Waals surface area contributed by atoms with Gasteiger partial charge in [0.1, 0.15) is 10.6 Å². The summed E-state index contributed by atoms with van der Waals surface area (Å²) in [7, 11) is 0. The van der Waals surface area contributed by atoms with Gasteiger partial charge in [-0.2, -0.15) is 0 Å². The summed E-state index contributed by atoms with van der Waals surface area (Å²) >= 11 is 1.47. The predicted molar refractivity (Wildman–Crippen MR) is 102 cm³/mol. The van der Waals surface area contributed by atoms with Crippen LogP contribution in [0.15, 0.2) is 24.3 Å². The molecule has 2 aromatic rings. The van der Waals surface area contributed by atoms with Crippen molar-refractivity contribution >= 4 is 22.5 Å². The van der Waals surface area contributed by atoms with Gasteiger partial charge < -0.3 is 9.64 Å². The Labute approximate surface area is 157 Å². The van der Waals surface area contributed by atoms with Gasteiger partial charge in [0.25, 0.3) is 0 Å². The Morgan fingerprint density at radius 2 is 2.27 bits per heavy atom. The van der Waals surface area contributed by atoms with Gasteiger partial charge in [0.15, 0.2) is 0 Å². The van der Waals surface area contributed by atoms with Gasteiger partial charge in [0.2, 0.25) is 5.13 Å². The second-order valence-electron chi connectivity index (χ2n) is 6.96. The number of carbonyl (C=O) groups excluding carboxylic acids is 1. The van der Waals surface area contributed by atoms with Crippen molar-refractivity contribution in [1.82, 2.24) is 15.1 Å². The van der Waals surface area contributed by atoms with Crippen LogP contribution in [0, 0.1) is 0 Å². The van der Waals surface area contributed by atoms with E-state index < -0.39 is 0 Å². The Kier molecular flexibility index (Phi) is 4.91. The van der Waals surface area contributed by atoms with Crippen LogP contribution in [-0.4, -0.2) is 40.8 Å². The zero-order valence-corrected chi connectivity index (χ0v) is 15.8. The number of benzene rings is 1. The van der Waals surface area contributed by atoms with Crippen molar-refractivity contribution in [2.75, 3.05) is 25.0 Å². The molecule has 0 saturated carbocycles. The zero-order chi connectivity index (χ0) is 18.0. The number of aryl methyl sites for hydroxylation is 2. The number of carbonyl (C=O) groups is 1. The average Bonchev–Trinajstić information content (AvgIpc) is 3.26. The number of aromatic nitrogens is 2. The van der Waals surface area contributed by atoms with Crippen molar-refractivity contribution in [3.63, 3.8) is 0 Å². The number of hydrogen-bond acceptors (Lipinski definition) is 5. The summed E-state index contributed by atoms with van der Waals surface area (Å²) in [6.07, 6.45) is 5.06. The monoisotopic (exact) mass is 372 g/mol. The van der Waals surface area contributed by atoms with Crippen molar-refractivity contribution in [3.8, 4) is 0 Å². The number of ether oxygens (including phenoxy) is 1. The second-order valence-corrected chi connectivity index (χ2v) is 8.02. The Morgan fingerprint density at radius 1 is 1.38 bits per heavy atom. The van der Waals surface area contributed by atoms with E-state index in [0.29, 0.717) is 24.8 Å². The molecule has 1 saturated heterocycles. The first-order chi connectivity index (χ1) is 12.7. The van der Waals surface area contributed by atoms with Gasteiger partial charge in [-0.15, -0.1) is 10.2 Å². The highest BCUT2D eigenvalue weighted by Crippen LogP contribution is 2.42. The highest BCUT2D eigenvalue weighted by atomic mass is 32.1. The molecule has 1 aromatic heterocycles. The minimum absolute atomic E-state index is 0.116. The lowest BCUT2D eigenvalue weighted by molar-refractivity contribution is -0.100. The number of nitrogens with zero attached hydrogens (tertiary/aromatic N) is 3. The first kappa shape index (κ1) is 17.4. The largest absolute Gasteiger partial charge is 0.367 e. The summed E-state index contributed by atoms with van der Waals surface area (Å²) in [5.74, 6) is 0. The summed E-state index contributed by atoms with van der Waals surface area (Å²) in [5.41, 5.74) is 2.20. The summed E-state index contributed by atoms with van der Waals surface area (Å²) < 4.78 is 6.18. The van der Waals surface area contributed by atoms with E-state index in [-0.39, 0.29) is 11.6 Å². The Bertz CT molecular complexity index is 789. The van der Waals surface area contributed by atoms with Crippen LogP contribution in [0.4, 0.5) is 9.93 Å². The number of anilines is 1. The quantitative estimate of drug-likeness (QED) is 0.891. The minimum Gasteiger partial charge on any atom is -0.367 e. The van der Waals surface area contributed by atoms with E-state index in [2.05, 4.69) is 40.6 Å². The summed E-state index contributed by atoms with van der Waals surface area (Å²) in [6.45, 7) is 3.88. The maximum absolute atomic E-state index is 12.7. The lowest BCUT2D eigenvalue weighted by Gasteiger charge is -2.41. The van der Waals surface area contributed by atoms with E-state index in [1.54, 1.807) is 0 Å². The molecule has 1 fully saturated rings. The maximum atomic E-state index is 12.7. The fourth-order valence-electron chi connectivity index (χ4n) is 3.83. The lowest BCUT2D eigenvalue weighted by Crippen LogP contribution is -2.52. The molecule has 1 aromatic carbocycles. The van der Waals surface area contributed by atoms with Gasteiger partial charge in [0.05, 0.1) is 13.2 Å². The summed E-state index contributed by atoms with van der Waals surface area (Å²) in [4.78, 5) is 14.6. The highest BCUT2D eigenvalue weighted by molar-refractivity contribution is 7.15. The molecule has 138 valence electrons. The summed E-state index contributed by atoms with van der Waals surface area (Å²) in [6, 6.07) is 8.29. The van der Waals surface area contributed by atoms with Crippen molar-refractivity contribution in [2.24, 2.45) is 0 Å². The number of fused-ring (bicyclic) bond motifs is 2. The standard InChI is InChI=1S/C19H24N4O2S/c1-2-3-8-16-21-22-17(26-16)20-18(24)23-11-12-25-19(13-23)10-9-14-6-4-5-7-15(14)19/h4-7H,2-3,8-13H2,1H3,(H,20,22,24). The van der Waals surface area contributed by atoms with E-state index in [4.69, 9.17) is 4.74 Å². The van der Waals surface area contributed by atoms with Gasteiger partial charge in [-0.1, -0.05) is 48.9 Å². The number of amides is 2. The van der Waals surface area contributed by atoms with Gasteiger partial charge in [-0.3, -0.25) is 5.32 Å². The molecule has 1 spiro atoms. The van der Waals surface area contributed by atoms with Gasteiger partial charge >= 0.3 is 6.03 Å². The van der Waals surface area contributed by atoms with Crippen molar-refractivity contribution in [2.45, 2.75) is 44.6 Å². The number of urea groups is 1. The summed E-state index contributed by atoms with van der Waals surface area (Å²) in [5, 5.41) is 12.7. The minimum atomic E-state index is -0.362. The third-order valence-electron chi connectivity index (χ3n) is 5.20. The number of morpholine rings is 1. The van der Waals surface area contributed by atoms with Crippen LogP contribution in [0.3, 0.4) is 0 Å². The molecule has 2 amide bonds. The van der Waals surface area contributed by atoms with Crippen LogP contribution < -0.4 is 5.32 Å². The smallest absolute Gasteiger partial charge is 0.323 e. The molecule has 4 rings (SSSR count). The average molecular weight is 372 g/mol.